The summed E-state index contributed by atoms with van der Waals surface area (Å²) in [5.74, 6) is 0.747. The van der Waals surface area contributed by atoms with Crippen LogP contribution in [0, 0.1) is 0 Å². The molecule has 0 unspecified atom stereocenters. The third kappa shape index (κ3) is 21.0. The smallest absolute Gasteiger partial charge is 0.404 e. The van der Waals surface area contributed by atoms with Gasteiger partial charge in [-0.3, -0.25) is 0 Å². The molecule has 0 heterocycles. The Morgan fingerprint density at radius 2 is 1.06 bits per heavy atom. The van der Waals surface area contributed by atoms with Gasteiger partial charge in [-0.25, -0.2) is 4.79 Å². The van der Waals surface area contributed by atoms with Gasteiger partial charge in [0.1, 0.15) is 12.4 Å². The average molecular weight is 504 g/mol. The summed E-state index contributed by atoms with van der Waals surface area (Å²) in [4.78, 5) is 10.4. The number of hydrogen-bond donors (Lipinski definition) is 2. The van der Waals surface area contributed by atoms with E-state index in [2.05, 4.69) is 5.32 Å². The zero-order valence-electron chi connectivity index (χ0n) is 20.7. The summed E-state index contributed by atoms with van der Waals surface area (Å²) in [6.45, 7) is 7.62. The Balaban J connectivity index is 1.77. The molecule has 0 saturated heterocycles. The third-order valence-corrected chi connectivity index (χ3v) is 4.40. The molecule has 0 radical (unpaired) electrons. The predicted molar refractivity (Wildman–Crippen MR) is 128 cm³/mol. The average Bonchev–Trinajstić information content (AvgIpc) is 2.85. The van der Waals surface area contributed by atoms with E-state index in [1.807, 2.05) is 24.3 Å². The largest absolute Gasteiger partial charge is 0.491 e. The van der Waals surface area contributed by atoms with Crippen molar-refractivity contribution in [2.24, 2.45) is 0 Å². The molecule has 11 heteroatoms. The van der Waals surface area contributed by atoms with Crippen LogP contribution in [-0.2, 0) is 39.6 Å². The first-order chi connectivity index (χ1) is 17.2. The topological polar surface area (TPSA) is 123 Å². The van der Waals surface area contributed by atoms with Crippen LogP contribution in [0.2, 0.25) is 0 Å². The van der Waals surface area contributed by atoms with E-state index in [1.54, 1.807) is 7.11 Å². The minimum Gasteiger partial charge on any atom is -0.491 e. The van der Waals surface area contributed by atoms with Crippen molar-refractivity contribution in [1.29, 1.82) is 0 Å². The highest BCUT2D eigenvalue weighted by Gasteiger charge is 1.99. The summed E-state index contributed by atoms with van der Waals surface area (Å²) in [7, 11) is 1.64. The quantitative estimate of drug-likeness (QED) is 0.190. The highest BCUT2D eigenvalue weighted by molar-refractivity contribution is 5.64. The fraction of sp³-hybridized carbons (Fsp3) is 0.708. The van der Waals surface area contributed by atoms with Crippen molar-refractivity contribution in [3.05, 3.63) is 29.8 Å². The number of ether oxygens (including phenoxy) is 8. The Morgan fingerprint density at radius 1 is 0.657 bits per heavy atom. The SMILES string of the molecule is COCCOCCOCCOCCOCCOCCOCCOc1ccc(CCNC(=O)O)cc1. The molecule has 0 aliphatic carbocycles. The Morgan fingerprint density at radius 3 is 1.46 bits per heavy atom. The number of benzene rings is 1. The van der Waals surface area contributed by atoms with Crippen LogP contribution >= 0.6 is 0 Å². The lowest BCUT2D eigenvalue weighted by Crippen LogP contribution is -2.23. The lowest BCUT2D eigenvalue weighted by atomic mass is 10.1. The number of carboxylic acid groups (broad SMARTS) is 1. The van der Waals surface area contributed by atoms with Gasteiger partial charge in [0, 0.05) is 13.7 Å². The molecule has 11 nitrogen and oxygen atoms in total. The van der Waals surface area contributed by atoms with Crippen LogP contribution in [0.25, 0.3) is 0 Å². The van der Waals surface area contributed by atoms with Crippen LogP contribution in [0.1, 0.15) is 5.56 Å². The Labute approximate surface area is 207 Å². The van der Waals surface area contributed by atoms with E-state index in [1.165, 1.54) is 0 Å². The molecule has 0 fully saturated rings. The number of methoxy groups -OCH3 is 1. The van der Waals surface area contributed by atoms with Crippen molar-refractivity contribution in [2.45, 2.75) is 6.42 Å². The van der Waals surface area contributed by atoms with Crippen LogP contribution in [0.3, 0.4) is 0 Å². The number of hydrogen-bond acceptors (Lipinski definition) is 9. The molecule has 1 amide bonds. The maximum absolute atomic E-state index is 10.4. The zero-order valence-corrected chi connectivity index (χ0v) is 20.7. The summed E-state index contributed by atoms with van der Waals surface area (Å²) in [6.07, 6.45) is -0.378. The van der Waals surface area contributed by atoms with Gasteiger partial charge in [-0.05, 0) is 24.1 Å². The first-order valence-corrected chi connectivity index (χ1v) is 11.9. The highest BCUT2D eigenvalue weighted by Crippen LogP contribution is 2.12. The fourth-order valence-electron chi connectivity index (χ4n) is 2.63. The van der Waals surface area contributed by atoms with Crippen LogP contribution in [0.4, 0.5) is 4.79 Å². The molecular formula is C24H41NO10. The molecule has 1 aromatic carbocycles. The molecule has 35 heavy (non-hydrogen) atoms. The maximum atomic E-state index is 10.4. The van der Waals surface area contributed by atoms with E-state index in [0.717, 1.165) is 11.3 Å². The minimum absolute atomic E-state index is 0.384. The second kappa shape index (κ2) is 23.7. The zero-order chi connectivity index (χ0) is 25.2. The molecule has 1 aromatic rings. The van der Waals surface area contributed by atoms with Crippen molar-refractivity contribution < 1.29 is 47.8 Å². The van der Waals surface area contributed by atoms with Gasteiger partial charge in [0.2, 0.25) is 0 Å². The Kier molecular flexibility index (Phi) is 21.1. The van der Waals surface area contributed by atoms with E-state index in [4.69, 9.17) is 43.0 Å². The van der Waals surface area contributed by atoms with Gasteiger partial charge in [-0.1, -0.05) is 12.1 Å². The van der Waals surface area contributed by atoms with Crippen molar-refractivity contribution in [3.63, 3.8) is 0 Å². The summed E-state index contributed by atoms with van der Waals surface area (Å²) >= 11 is 0. The Hall–Kier alpha value is -1.99. The van der Waals surface area contributed by atoms with Crippen molar-refractivity contribution in [3.8, 4) is 5.75 Å². The van der Waals surface area contributed by atoms with Crippen LogP contribution in [-0.4, -0.2) is 117 Å². The van der Waals surface area contributed by atoms with E-state index >= 15 is 0 Å². The van der Waals surface area contributed by atoms with E-state index in [9.17, 15) is 4.79 Å². The minimum atomic E-state index is -1.01. The molecule has 0 aliphatic heterocycles. The first kappa shape index (κ1) is 31.0. The monoisotopic (exact) mass is 503 g/mol. The number of carbonyl (C=O) groups is 1. The number of amides is 1. The lowest BCUT2D eigenvalue weighted by molar-refractivity contribution is -0.0199. The second-order valence-electron chi connectivity index (χ2n) is 7.14. The molecule has 1 rings (SSSR count). The van der Waals surface area contributed by atoms with Gasteiger partial charge in [0.15, 0.2) is 0 Å². The Bertz CT molecular complexity index is 602. The third-order valence-electron chi connectivity index (χ3n) is 4.40. The van der Waals surface area contributed by atoms with E-state index in [0.29, 0.717) is 105 Å². The summed E-state index contributed by atoms with van der Waals surface area (Å²) in [6, 6.07) is 7.56. The number of rotatable bonds is 25. The van der Waals surface area contributed by atoms with Gasteiger partial charge >= 0.3 is 6.09 Å². The van der Waals surface area contributed by atoms with Crippen molar-refractivity contribution in [2.75, 3.05) is 106 Å². The summed E-state index contributed by atoms with van der Waals surface area (Å²) in [5, 5.41) is 10.9. The fourth-order valence-corrected chi connectivity index (χ4v) is 2.63. The maximum Gasteiger partial charge on any atom is 0.404 e. The van der Waals surface area contributed by atoms with Crippen LogP contribution in [0.15, 0.2) is 24.3 Å². The molecule has 0 saturated carbocycles. The standard InChI is InChI=1S/C24H41NO10/c1-28-8-9-29-10-11-30-12-13-31-14-15-32-16-17-33-18-19-34-20-21-35-23-4-2-22(3-5-23)6-7-25-24(26)27/h2-5,25H,6-21H2,1H3,(H,26,27). The molecule has 0 atom stereocenters. The van der Waals surface area contributed by atoms with Gasteiger partial charge in [0.05, 0.1) is 85.9 Å². The second-order valence-corrected chi connectivity index (χ2v) is 7.14. The van der Waals surface area contributed by atoms with E-state index in [-0.39, 0.29) is 0 Å². The molecule has 2 N–H and O–H groups in total. The molecule has 202 valence electrons. The molecule has 0 aliphatic rings. The van der Waals surface area contributed by atoms with Crippen molar-refractivity contribution in [1.82, 2.24) is 5.32 Å². The first-order valence-electron chi connectivity index (χ1n) is 11.9. The van der Waals surface area contributed by atoms with Gasteiger partial charge in [-0.2, -0.15) is 0 Å². The van der Waals surface area contributed by atoms with Gasteiger partial charge in [0.25, 0.3) is 0 Å². The van der Waals surface area contributed by atoms with Gasteiger partial charge in [-0.15, -0.1) is 0 Å². The van der Waals surface area contributed by atoms with Crippen molar-refractivity contribution >= 4 is 6.09 Å². The van der Waals surface area contributed by atoms with Crippen LogP contribution < -0.4 is 10.1 Å². The molecular weight excluding hydrogens is 462 g/mol. The molecule has 0 bridgehead atoms. The van der Waals surface area contributed by atoms with E-state index < -0.39 is 6.09 Å². The highest BCUT2D eigenvalue weighted by atomic mass is 16.6. The molecule has 0 aromatic heterocycles. The van der Waals surface area contributed by atoms with Crippen LogP contribution in [0.5, 0.6) is 5.75 Å². The van der Waals surface area contributed by atoms with Gasteiger partial charge < -0.3 is 48.3 Å². The predicted octanol–water partition coefficient (Wildman–Crippen LogP) is 1.62. The summed E-state index contributed by atoms with van der Waals surface area (Å²) < 4.78 is 42.9. The lowest BCUT2D eigenvalue weighted by Gasteiger charge is -2.09. The normalized spacial score (nSPS) is 11.0. The molecule has 0 spiro atoms. The number of nitrogens with one attached hydrogen (secondary N) is 1. The summed E-state index contributed by atoms with van der Waals surface area (Å²) in [5.41, 5.74) is 1.04.